The molecule has 7 rings (SSSR count). The lowest BCUT2D eigenvalue weighted by Crippen LogP contribution is -2.65. The van der Waals surface area contributed by atoms with Crippen molar-refractivity contribution in [3.8, 4) is 11.1 Å². The van der Waals surface area contributed by atoms with Crippen molar-refractivity contribution >= 4 is 21.4 Å². The van der Waals surface area contributed by atoms with E-state index in [9.17, 15) is 57.7 Å². The Hall–Kier alpha value is -4.24. The fraction of sp³-hybridized carbons (Fsp3) is 0.432. The molecule has 328 valence electrons. The Morgan fingerprint density at radius 1 is 0.689 bits per heavy atom. The number of hydrogen-bond acceptors (Lipinski definition) is 13. The van der Waals surface area contributed by atoms with Crippen molar-refractivity contribution < 1.29 is 71.9 Å². The van der Waals surface area contributed by atoms with Crippen molar-refractivity contribution in [1.29, 1.82) is 0 Å². The van der Waals surface area contributed by atoms with Crippen molar-refractivity contribution in [2.75, 3.05) is 23.9 Å². The molecule has 4 unspecified atom stereocenters. The topological polar surface area (TPSA) is 224 Å². The van der Waals surface area contributed by atoms with Crippen LogP contribution in [0.5, 0.6) is 0 Å². The van der Waals surface area contributed by atoms with E-state index in [0.29, 0.717) is 24.1 Å². The molecule has 4 aromatic rings. The summed E-state index contributed by atoms with van der Waals surface area (Å²) in [4.78, 5) is 15.1. The van der Waals surface area contributed by atoms with Crippen LogP contribution in [0, 0.1) is 17.6 Å². The molecule has 17 heteroatoms. The minimum absolute atomic E-state index is 0.0764. The molecule has 13 atom stereocenters. The standard InChI is InChI=1S/C44H49F2NO13S/c1-23(24-7-11-28(45)12-8-24)2-19-32-36(47(43(32)55)30-15-13-29(46)14-16-30)27-5-3-25(4-6-27)26-9-17-31(18-10-26)61(56,57)22-35-38(51)40(53)42(34(21-49)58-35)60-44-41(54)39(52)37(50)33(20-48)59-44/h3-18,23,32-42,44,48-54H,2,19-22H2,1H3/t23-,32+,33?,34?,35-,36+,37-,38?,39-,40+,41?,42-,44-/m0/s1. The van der Waals surface area contributed by atoms with E-state index >= 15 is 0 Å². The predicted octanol–water partition coefficient (Wildman–Crippen LogP) is 2.36. The summed E-state index contributed by atoms with van der Waals surface area (Å²) in [6, 6.07) is 25.2. The van der Waals surface area contributed by atoms with Crippen LogP contribution in [0.3, 0.4) is 0 Å². The first kappa shape index (κ1) is 44.8. The average Bonchev–Trinajstić information content (AvgIpc) is 3.26. The first-order valence-corrected chi connectivity index (χ1v) is 21.6. The lowest BCUT2D eigenvalue weighted by Gasteiger charge is -2.48. The zero-order valence-electron chi connectivity index (χ0n) is 33.0. The highest BCUT2D eigenvalue weighted by molar-refractivity contribution is 7.91. The molecule has 3 aliphatic rings. The summed E-state index contributed by atoms with van der Waals surface area (Å²) in [6.45, 7) is 0.468. The van der Waals surface area contributed by atoms with Gasteiger partial charge >= 0.3 is 0 Å². The molecule has 4 aromatic carbocycles. The first-order valence-electron chi connectivity index (χ1n) is 20.0. The smallest absolute Gasteiger partial charge is 0.233 e. The second-order valence-electron chi connectivity index (χ2n) is 15.9. The van der Waals surface area contributed by atoms with Gasteiger partial charge in [0, 0.05) is 5.69 Å². The highest BCUT2D eigenvalue weighted by Crippen LogP contribution is 2.47. The third-order valence-electron chi connectivity index (χ3n) is 12.0. The van der Waals surface area contributed by atoms with Crippen molar-refractivity contribution in [3.05, 3.63) is 120 Å². The molecule has 0 saturated carbocycles. The average molecular weight is 870 g/mol. The van der Waals surface area contributed by atoms with E-state index in [-0.39, 0.29) is 34.5 Å². The molecule has 0 spiro atoms. The number of benzene rings is 4. The van der Waals surface area contributed by atoms with Crippen LogP contribution in [0.15, 0.2) is 102 Å². The summed E-state index contributed by atoms with van der Waals surface area (Å²) in [7, 11) is -4.17. The summed E-state index contributed by atoms with van der Waals surface area (Å²) in [6.07, 6.45) is -15.4. The maximum absolute atomic E-state index is 13.8. The van der Waals surface area contributed by atoms with Crippen LogP contribution in [0.4, 0.5) is 14.5 Å². The van der Waals surface area contributed by atoms with E-state index in [1.54, 1.807) is 41.3 Å². The van der Waals surface area contributed by atoms with Crippen LogP contribution >= 0.6 is 0 Å². The highest BCUT2D eigenvalue weighted by atomic mass is 32.2. The number of carbonyl (C=O) groups excluding carboxylic acids is 1. The molecule has 3 heterocycles. The summed E-state index contributed by atoms with van der Waals surface area (Å²) in [5, 5.41) is 72.0. The second kappa shape index (κ2) is 18.6. The highest BCUT2D eigenvalue weighted by Gasteiger charge is 2.51. The van der Waals surface area contributed by atoms with E-state index in [0.717, 1.165) is 16.7 Å². The third kappa shape index (κ3) is 9.28. The molecule has 0 bridgehead atoms. The monoisotopic (exact) mass is 869 g/mol. The van der Waals surface area contributed by atoms with Gasteiger partial charge < -0.3 is 54.9 Å². The Morgan fingerprint density at radius 2 is 1.25 bits per heavy atom. The minimum Gasteiger partial charge on any atom is -0.394 e. The Balaban J connectivity index is 1.02. The fourth-order valence-corrected chi connectivity index (χ4v) is 9.78. The molecule has 14 nitrogen and oxygen atoms in total. The van der Waals surface area contributed by atoms with Crippen LogP contribution in [0.25, 0.3) is 11.1 Å². The van der Waals surface area contributed by atoms with Gasteiger partial charge in [-0.1, -0.05) is 55.5 Å². The number of ether oxygens (including phenoxy) is 3. The van der Waals surface area contributed by atoms with Gasteiger partial charge in [-0.3, -0.25) is 4.79 Å². The minimum atomic E-state index is -4.17. The van der Waals surface area contributed by atoms with Crippen molar-refractivity contribution in [2.45, 2.75) is 97.8 Å². The van der Waals surface area contributed by atoms with E-state index in [1.807, 2.05) is 31.2 Å². The van der Waals surface area contributed by atoms with Gasteiger partial charge in [-0.15, -0.1) is 0 Å². The van der Waals surface area contributed by atoms with E-state index < -0.39 is 95.8 Å². The molecule has 0 aromatic heterocycles. The van der Waals surface area contributed by atoms with Gasteiger partial charge in [0.2, 0.25) is 5.91 Å². The number of aliphatic hydroxyl groups excluding tert-OH is 7. The van der Waals surface area contributed by atoms with Crippen LogP contribution in [-0.2, 0) is 28.8 Å². The zero-order valence-corrected chi connectivity index (χ0v) is 33.8. The largest absolute Gasteiger partial charge is 0.394 e. The maximum Gasteiger partial charge on any atom is 0.233 e. The molecule has 0 radical (unpaired) electrons. The first-order chi connectivity index (χ1) is 29.1. The number of carbonyl (C=O) groups is 1. The normalized spacial score (nSPS) is 31.1. The molecule has 7 N–H and O–H groups in total. The lowest BCUT2D eigenvalue weighted by atomic mass is 9.77. The second-order valence-corrected chi connectivity index (χ2v) is 17.9. The molecule has 3 saturated heterocycles. The number of anilines is 1. The van der Waals surface area contributed by atoms with Crippen molar-refractivity contribution in [2.24, 2.45) is 5.92 Å². The number of amides is 1. The maximum atomic E-state index is 13.8. The number of β-lactam (4-membered cyclic amide) rings is 1. The van der Waals surface area contributed by atoms with Gasteiger partial charge in [-0.25, -0.2) is 17.2 Å². The van der Waals surface area contributed by atoms with E-state index in [1.165, 1.54) is 36.4 Å². The quantitative estimate of drug-likeness (QED) is 0.0906. The van der Waals surface area contributed by atoms with E-state index in [4.69, 9.17) is 14.2 Å². The van der Waals surface area contributed by atoms with Crippen LogP contribution < -0.4 is 4.90 Å². The van der Waals surface area contributed by atoms with Crippen molar-refractivity contribution in [3.63, 3.8) is 0 Å². The van der Waals surface area contributed by atoms with E-state index in [2.05, 4.69) is 0 Å². The number of nitrogens with zero attached hydrogens (tertiary/aromatic N) is 1. The number of rotatable bonds is 14. The fourth-order valence-electron chi connectivity index (χ4n) is 8.33. The molecule has 61 heavy (non-hydrogen) atoms. The number of sulfone groups is 1. The third-order valence-corrected chi connectivity index (χ3v) is 13.7. The lowest BCUT2D eigenvalue weighted by molar-refractivity contribution is -0.341. The number of halogens is 2. The van der Waals surface area contributed by atoms with Crippen LogP contribution in [0.1, 0.15) is 42.9 Å². The predicted molar refractivity (Wildman–Crippen MR) is 214 cm³/mol. The molecule has 3 fully saturated rings. The SMILES string of the molecule is C[C@@H](CC[C@H]1C(=O)N(c2ccc(F)cc2)[C@@H]1c1ccc(-c2ccc(S(=O)(=O)C[C@@H]3OC(CO)[C@H](O[C@@H]4OC(CO)[C@H](O)[C@H](O)C4O)[C@H](O)C3O)cc2)cc1)c1ccc(F)cc1. The van der Waals surface area contributed by atoms with Gasteiger partial charge in [0.15, 0.2) is 16.1 Å². The zero-order chi connectivity index (χ0) is 43.7. The van der Waals surface area contributed by atoms with Gasteiger partial charge in [-0.05, 0) is 89.5 Å². The van der Waals surface area contributed by atoms with Crippen molar-refractivity contribution in [1.82, 2.24) is 0 Å². The van der Waals surface area contributed by atoms with Crippen LogP contribution in [-0.4, -0.2) is 130 Å². The summed E-state index contributed by atoms with van der Waals surface area (Å²) < 4.78 is 71.1. The van der Waals surface area contributed by atoms with Gasteiger partial charge in [0.1, 0.15) is 66.6 Å². The summed E-state index contributed by atoms with van der Waals surface area (Å²) in [5.41, 5.74) is 3.80. The molecular formula is C44H49F2NO13S. The van der Waals surface area contributed by atoms with Gasteiger partial charge in [0.25, 0.3) is 0 Å². The molecular weight excluding hydrogens is 821 g/mol. The Morgan fingerprint density at radius 3 is 1.84 bits per heavy atom. The summed E-state index contributed by atoms with van der Waals surface area (Å²) in [5.74, 6) is -1.91. The Labute approximate surface area is 351 Å². The Kier molecular flexibility index (Phi) is 13.7. The number of aliphatic hydroxyl groups is 7. The molecule has 1 amide bonds. The number of hydrogen-bond donors (Lipinski definition) is 7. The Bertz CT molecular complexity index is 2210. The van der Waals surface area contributed by atoms with Gasteiger partial charge in [0.05, 0.1) is 35.8 Å². The van der Waals surface area contributed by atoms with Gasteiger partial charge in [-0.2, -0.15) is 0 Å². The molecule has 0 aliphatic carbocycles. The molecule has 3 aliphatic heterocycles. The van der Waals surface area contributed by atoms with Crippen LogP contribution in [0.2, 0.25) is 0 Å². The summed E-state index contributed by atoms with van der Waals surface area (Å²) >= 11 is 0.